The lowest BCUT2D eigenvalue weighted by molar-refractivity contribution is -0.132. The molecule has 2 atom stereocenters. The van der Waals surface area contributed by atoms with Crippen LogP contribution in [-0.4, -0.2) is 52.9 Å². The number of nitrogens with zero attached hydrogens (tertiary/aromatic N) is 2. The fraction of sp³-hybridized carbons (Fsp3) is 0.581. The third-order valence-corrected chi connectivity index (χ3v) is 6.21. The van der Waals surface area contributed by atoms with Crippen LogP contribution in [-0.2, 0) is 22.6 Å². The summed E-state index contributed by atoms with van der Waals surface area (Å²) >= 11 is 0. The first-order valence-electron chi connectivity index (χ1n) is 13.8. The van der Waals surface area contributed by atoms with E-state index in [2.05, 4.69) is 48.2 Å². The molecule has 2 aromatic rings. The Hall–Kier alpha value is -2.93. The fourth-order valence-corrected chi connectivity index (χ4v) is 4.09. The zero-order chi connectivity index (χ0) is 28.3. The van der Waals surface area contributed by atoms with Crippen LogP contribution >= 0.6 is 0 Å². The van der Waals surface area contributed by atoms with Gasteiger partial charge in [0.25, 0.3) is 0 Å². The number of hydrogen-bond donors (Lipinski definition) is 2. The van der Waals surface area contributed by atoms with Gasteiger partial charge in [0.05, 0.1) is 6.04 Å². The van der Waals surface area contributed by atoms with E-state index in [0.29, 0.717) is 24.9 Å². The molecule has 1 aromatic heterocycles. The van der Waals surface area contributed by atoms with Gasteiger partial charge in [-0.3, -0.25) is 19.5 Å². The van der Waals surface area contributed by atoms with Gasteiger partial charge in [0.2, 0.25) is 11.8 Å². The highest BCUT2D eigenvalue weighted by molar-refractivity contribution is 5.90. The number of likely N-dealkylation sites (N-methyl/N-ethyl adjacent to an activating group) is 1. The molecule has 0 radical (unpaired) electrons. The van der Waals surface area contributed by atoms with Crippen molar-refractivity contribution in [3.8, 4) is 5.75 Å². The van der Waals surface area contributed by atoms with Gasteiger partial charge >= 0.3 is 0 Å². The number of aromatic nitrogens is 1. The molecule has 1 heterocycles. The maximum absolute atomic E-state index is 13.6. The van der Waals surface area contributed by atoms with Crippen molar-refractivity contribution in [3.05, 3.63) is 59.9 Å². The number of nitrogens with one attached hydrogen (secondary N) is 2. The van der Waals surface area contributed by atoms with Crippen LogP contribution in [0.3, 0.4) is 0 Å². The van der Waals surface area contributed by atoms with E-state index in [1.54, 1.807) is 12.4 Å². The van der Waals surface area contributed by atoms with Crippen molar-refractivity contribution in [2.75, 3.05) is 13.6 Å². The molecule has 1 aromatic carbocycles. The predicted octanol–water partition coefficient (Wildman–Crippen LogP) is 5.00. The van der Waals surface area contributed by atoms with Crippen molar-refractivity contribution in [2.24, 2.45) is 11.8 Å². The molecule has 0 saturated heterocycles. The highest BCUT2D eigenvalue weighted by Crippen LogP contribution is 2.17. The zero-order valence-corrected chi connectivity index (χ0v) is 24.6. The lowest BCUT2D eigenvalue weighted by Crippen LogP contribution is -2.56. The topological polar surface area (TPSA) is 83.6 Å². The van der Waals surface area contributed by atoms with Crippen LogP contribution in [0.25, 0.3) is 0 Å². The molecule has 0 unspecified atom stereocenters. The first kappa shape index (κ1) is 31.3. The maximum Gasteiger partial charge on any atom is 0.243 e. The third kappa shape index (κ3) is 11.6. The largest absolute Gasteiger partial charge is 0.489 e. The third-order valence-electron chi connectivity index (χ3n) is 6.21. The minimum absolute atomic E-state index is 0.101. The molecule has 2 N–H and O–H groups in total. The van der Waals surface area contributed by atoms with Gasteiger partial charge < -0.3 is 15.4 Å². The van der Waals surface area contributed by atoms with Crippen LogP contribution in [0, 0.1) is 11.8 Å². The average molecular weight is 525 g/mol. The number of hydrogen-bond acceptors (Lipinski definition) is 5. The second kappa shape index (κ2) is 14.9. The van der Waals surface area contributed by atoms with E-state index in [4.69, 9.17) is 4.74 Å². The number of amides is 2. The Bertz CT molecular complexity index is 984. The number of ether oxygens (including phenoxy) is 1. The number of carbonyl (C=O) groups excluding carboxylic acids is 2. The second-order valence-corrected chi connectivity index (χ2v) is 12.1. The van der Waals surface area contributed by atoms with E-state index >= 15 is 0 Å². The monoisotopic (exact) mass is 524 g/mol. The van der Waals surface area contributed by atoms with Crippen molar-refractivity contribution < 1.29 is 14.3 Å². The Morgan fingerprint density at radius 1 is 0.974 bits per heavy atom. The lowest BCUT2D eigenvalue weighted by Gasteiger charge is -2.31. The maximum atomic E-state index is 13.6. The van der Waals surface area contributed by atoms with Crippen molar-refractivity contribution >= 4 is 11.8 Å². The van der Waals surface area contributed by atoms with Crippen molar-refractivity contribution in [3.63, 3.8) is 0 Å². The van der Waals surface area contributed by atoms with E-state index in [0.717, 1.165) is 36.3 Å². The normalized spacial score (nSPS) is 13.4. The number of benzene rings is 1. The van der Waals surface area contributed by atoms with E-state index in [-0.39, 0.29) is 17.9 Å². The van der Waals surface area contributed by atoms with Crippen molar-refractivity contribution in [1.29, 1.82) is 0 Å². The van der Waals surface area contributed by atoms with Crippen molar-refractivity contribution in [1.82, 2.24) is 20.5 Å². The molecule has 2 rings (SSSR count). The van der Waals surface area contributed by atoms with Crippen LogP contribution in [0.15, 0.2) is 48.8 Å². The smallest absolute Gasteiger partial charge is 0.243 e. The Kier molecular flexibility index (Phi) is 12.2. The zero-order valence-electron chi connectivity index (χ0n) is 24.6. The van der Waals surface area contributed by atoms with Gasteiger partial charge in [-0.1, -0.05) is 45.9 Å². The first-order valence-corrected chi connectivity index (χ1v) is 13.8. The molecular formula is C31H48N4O3. The van der Waals surface area contributed by atoms with Gasteiger partial charge in [-0.05, 0) is 82.8 Å². The first-order chi connectivity index (χ1) is 17.8. The summed E-state index contributed by atoms with van der Waals surface area (Å²) in [5.41, 5.74) is 1.53. The van der Waals surface area contributed by atoms with Crippen LogP contribution in [0.2, 0.25) is 0 Å². The van der Waals surface area contributed by atoms with Gasteiger partial charge in [0.15, 0.2) is 0 Å². The highest BCUT2D eigenvalue weighted by Gasteiger charge is 2.30. The summed E-state index contributed by atoms with van der Waals surface area (Å²) in [5.74, 6) is 1.36. The summed E-state index contributed by atoms with van der Waals surface area (Å²) in [7, 11) is 2.00. The van der Waals surface area contributed by atoms with Gasteiger partial charge in [0.1, 0.15) is 18.4 Å². The quantitative estimate of drug-likeness (QED) is 0.364. The molecule has 7 heteroatoms. The lowest BCUT2D eigenvalue weighted by atomic mass is 9.99. The summed E-state index contributed by atoms with van der Waals surface area (Å²) in [6.07, 6.45) is 5.65. The van der Waals surface area contributed by atoms with E-state index in [1.807, 2.05) is 64.2 Å². The molecule has 0 spiro atoms. The van der Waals surface area contributed by atoms with E-state index < -0.39 is 11.6 Å². The molecule has 0 bridgehead atoms. The van der Waals surface area contributed by atoms with Gasteiger partial charge in [-0.2, -0.15) is 0 Å². The molecule has 0 saturated carbocycles. The summed E-state index contributed by atoms with van der Waals surface area (Å²) < 4.78 is 5.87. The van der Waals surface area contributed by atoms with Crippen LogP contribution in [0.4, 0.5) is 0 Å². The number of carbonyl (C=O) groups is 2. The van der Waals surface area contributed by atoms with E-state index in [9.17, 15) is 9.59 Å². The molecule has 210 valence electrons. The molecular weight excluding hydrogens is 476 g/mol. The average Bonchev–Trinajstić information content (AvgIpc) is 2.84. The second-order valence-electron chi connectivity index (χ2n) is 12.1. The highest BCUT2D eigenvalue weighted by atomic mass is 16.5. The minimum atomic E-state index is -0.683. The Balaban J connectivity index is 2.14. The number of pyridine rings is 1. The van der Waals surface area contributed by atoms with Crippen LogP contribution < -0.4 is 15.4 Å². The Labute approximate surface area is 229 Å². The Morgan fingerprint density at radius 2 is 1.66 bits per heavy atom. The summed E-state index contributed by atoms with van der Waals surface area (Å²) in [4.78, 5) is 33.1. The van der Waals surface area contributed by atoms with Gasteiger partial charge in [-0.15, -0.1) is 0 Å². The summed E-state index contributed by atoms with van der Waals surface area (Å²) in [5, 5.41) is 6.14. The summed E-state index contributed by atoms with van der Waals surface area (Å²) in [6.45, 7) is 15.7. The van der Waals surface area contributed by atoms with E-state index in [1.165, 1.54) is 0 Å². The molecule has 2 amide bonds. The van der Waals surface area contributed by atoms with Crippen molar-refractivity contribution in [2.45, 2.75) is 92.0 Å². The summed E-state index contributed by atoms with van der Waals surface area (Å²) in [6, 6.07) is 10.6. The van der Waals surface area contributed by atoms with Gasteiger partial charge in [-0.25, -0.2) is 0 Å². The molecule has 0 fully saturated rings. The molecule has 38 heavy (non-hydrogen) atoms. The predicted molar refractivity (Wildman–Crippen MR) is 154 cm³/mol. The standard InChI is InChI=1S/C31H48N4O3/c1-22(2)15-17-35(8)28(18-23(3)4)30(37)33-27(29(36)34-31(5,6)7)19-24-11-13-26(14-12-24)38-21-25-10-9-16-32-20-25/h9-14,16,20,22-23,27-28H,15,17-19,21H2,1-8H3,(H,33,37)(H,34,36)/t27-,28+/m0/s1. The fourth-order valence-electron chi connectivity index (χ4n) is 4.09. The minimum Gasteiger partial charge on any atom is -0.489 e. The number of rotatable bonds is 14. The molecule has 0 aliphatic carbocycles. The molecule has 7 nitrogen and oxygen atoms in total. The SMILES string of the molecule is CC(C)CCN(C)[C@H](CC(C)C)C(=O)N[C@@H](Cc1ccc(OCc2cccnc2)cc1)C(=O)NC(C)(C)C. The van der Waals surface area contributed by atoms with Crippen LogP contribution in [0.5, 0.6) is 5.75 Å². The Morgan fingerprint density at radius 3 is 2.21 bits per heavy atom. The van der Waals surface area contributed by atoms with Gasteiger partial charge in [0, 0.05) is 29.9 Å². The van der Waals surface area contributed by atoms with Crippen LogP contribution in [0.1, 0.15) is 72.4 Å². The molecule has 0 aliphatic rings. The molecule has 0 aliphatic heterocycles.